The van der Waals surface area contributed by atoms with Crippen LogP contribution in [0.2, 0.25) is 10.0 Å². The Kier molecular flexibility index (Phi) is 10.3. The van der Waals surface area contributed by atoms with Gasteiger partial charge in [0.05, 0.1) is 0 Å². The van der Waals surface area contributed by atoms with Crippen LogP contribution in [0.25, 0.3) is 0 Å². The van der Waals surface area contributed by atoms with Gasteiger partial charge in [-0.15, -0.1) is 0 Å². The minimum atomic E-state index is 0.777. The molecule has 4 rings (SSSR count). The smallest absolute Gasteiger partial charge is 0.0441 e. The molecule has 0 aliphatic rings. The maximum Gasteiger partial charge on any atom is 0.0441 e. The molecule has 164 valence electrons. The van der Waals surface area contributed by atoms with Gasteiger partial charge < -0.3 is 0 Å². The SMILES string of the molecule is Brc1cccc(Br)c1Cc1c(Br)cccc1Br.Clc1ccccc1Cc1ccccc1Cl. The fourth-order valence-corrected chi connectivity index (χ4v) is 6.03. The zero-order valence-corrected chi connectivity index (χ0v) is 24.6. The molecule has 0 nitrogen and oxygen atoms in total. The minimum Gasteiger partial charge on any atom is -0.0840 e. The molecule has 0 aliphatic carbocycles. The molecular formula is C26H18Br4Cl2. The molecule has 0 saturated carbocycles. The standard InChI is InChI=1S/C13H8Br4.C13H10Cl2/c14-10-3-1-4-11(15)8(10)7-9-12(16)5-2-6-13(9)17;14-12-7-3-1-5-10(12)9-11-6-2-4-8-13(11)15/h1-6H,7H2;1-8H,9H2. The van der Waals surface area contributed by atoms with E-state index in [9.17, 15) is 0 Å². The first-order valence-corrected chi connectivity index (χ1v) is 13.6. The Balaban J connectivity index is 0.000000182. The molecular weight excluding hydrogens is 703 g/mol. The fraction of sp³-hybridized carbons (Fsp3) is 0.0769. The van der Waals surface area contributed by atoms with Crippen LogP contribution >= 0.6 is 86.9 Å². The lowest BCUT2D eigenvalue weighted by atomic mass is 10.1. The molecule has 0 aliphatic heterocycles. The molecule has 0 amide bonds. The first kappa shape index (κ1) is 26.0. The molecule has 0 spiro atoms. The van der Waals surface area contributed by atoms with Crippen LogP contribution in [0.1, 0.15) is 22.3 Å². The van der Waals surface area contributed by atoms with E-state index in [1.165, 1.54) is 11.1 Å². The van der Waals surface area contributed by atoms with Crippen molar-refractivity contribution in [2.75, 3.05) is 0 Å². The van der Waals surface area contributed by atoms with Crippen LogP contribution in [0.3, 0.4) is 0 Å². The van der Waals surface area contributed by atoms with Gasteiger partial charge in [0.15, 0.2) is 0 Å². The average molecular weight is 721 g/mol. The van der Waals surface area contributed by atoms with Gasteiger partial charge in [-0.25, -0.2) is 0 Å². The van der Waals surface area contributed by atoms with Gasteiger partial charge in [0.25, 0.3) is 0 Å². The second-order valence-electron chi connectivity index (χ2n) is 6.94. The average Bonchev–Trinajstić information content (AvgIpc) is 2.76. The van der Waals surface area contributed by atoms with Crippen LogP contribution in [-0.4, -0.2) is 0 Å². The lowest BCUT2D eigenvalue weighted by molar-refractivity contribution is 1.14. The van der Waals surface area contributed by atoms with E-state index >= 15 is 0 Å². The predicted octanol–water partition coefficient (Wildman–Crippen LogP) is 10.9. The normalized spacial score (nSPS) is 10.4. The van der Waals surface area contributed by atoms with E-state index in [0.717, 1.165) is 51.9 Å². The highest BCUT2D eigenvalue weighted by Gasteiger charge is 2.10. The third kappa shape index (κ3) is 7.19. The topological polar surface area (TPSA) is 0 Å². The number of hydrogen-bond acceptors (Lipinski definition) is 0. The molecule has 0 bridgehead atoms. The number of halogens is 6. The second kappa shape index (κ2) is 12.7. The van der Waals surface area contributed by atoms with Crippen molar-refractivity contribution in [1.82, 2.24) is 0 Å². The van der Waals surface area contributed by atoms with Gasteiger partial charge in [-0.2, -0.15) is 0 Å². The van der Waals surface area contributed by atoms with E-state index in [1.807, 2.05) is 60.7 Å². The molecule has 4 aromatic carbocycles. The second-order valence-corrected chi connectivity index (χ2v) is 11.2. The van der Waals surface area contributed by atoms with Crippen molar-refractivity contribution < 1.29 is 0 Å². The zero-order chi connectivity index (χ0) is 23.1. The van der Waals surface area contributed by atoms with E-state index < -0.39 is 0 Å². The van der Waals surface area contributed by atoms with Crippen molar-refractivity contribution in [3.05, 3.63) is 135 Å². The highest BCUT2D eigenvalue weighted by Crippen LogP contribution is 2.33. The van der Waals surface area contributed by atoms with Crippen molar-refractivity contribution in [3.8, 4) is 0 Å². The largest absolute Gasteiger partial charge is 0.0840 e. The fourth-order valence-electron chi connectivity index (χ4n) is 3.07. The number of hydrogen-bond donors (Lipinski definition) is 0. The summed E-state index contributed by atoms with van der Waals surface area (Å²) in [6.07, 6.45) is 1.64. The lowest BCUT2D eigenvalue weighted by Crippen LogP contribution is -1.94. The van der Waals surface area contributed by atoms with Crippen LogP contribution < -0.4 is 0 Å². The number of benzene rings is 4. The molecule has 32 heavy (non-hydrogen) atoms. The molecule has 0 unspecified atom stereocenters. The van der Waals surface area contributed by atoms with Gasteiger partial charge in [0.2, 0.25) is 0 Å². The minimum absolute atomic E-state index is 0.777. The Labute approximate surface area is 232 Å². The van der Waals surface area contributed by atoms with Crippen molar-refractivity contribution in [2.45, 2.75) is 12.8 Å². The third-order valence-corrected chi connectivity index (χ3v) is 8.48. The van der Waals surface area contributed by atoms with Crippen LogP contribution in [0, 0.1) is 0 Å². The highest BCUT2D eigenvalue weighted by atomic mass is 79.9. The van der Waals surface area contributed by atoms with Crippen molar-refractivity contribution in [3.63, 3.8) is 0 Å². The molecule has 0 heterocycles. The molecule has 0 radical (unpaired) electrons. The number of rotatable bonds is 4. The highest BCUT2D eigenvalue weighted by molar-refractivity contribution is 9.11. The van der Waals surface area contributed by atoms with Crippen LogP contribution in [0.4, 0.5) is 0 Å². The van der Waals surface area contributed by atoms with Gasteiger partial charge in [0, 0.05) is 40.8 Å². The summed E-state index contributed by atoms with van der Waals surface area (Å²) in [6.45, 7) is 0. The molecule has 0 atom stereocenters. The summed E-state index contributed by atoms with van der Waals surface area (Å²) >= 11 is 26.5. The summed E-state index contributed by atoms with van der Waals surface area (Å²) in [5.74, 6) is 0. The maximum absolute atomic E-state index is 6.08. The van der Waals surface area contributed by atoms with Crippen molar-refractivity contribution in [2.24, 2.45) is 0 Å². The van der Waals surface area contributed by atoms with E-state index in [0.29, 0.717) is 0 Å². The Bertz CT molecular complexity index is 1070. The van der Waals surface area contributed by atoms with Gasteiger partial charge in [-0.1, -0.05) is 135 Å². The maximum atomic E-state index is 6.08. The molecule has 0 N–H and O–H groups in total. The van der Waals surface area contributed by atoms with Crippen LogP contribution in [-0.2, 0) is 12.8 Å². The Morgan fingerprint density at radius 3 is 1.12 bits per heavy atom. The Hall–Kier alpha value is -0.620. The summed E-state index contributed by atoms with van der Waals surface area (Å²) < 4.78 is 4.48. The third-order valence-electron chi connectivity index (χ3n) is 4.77. The summed E-state index contributed by atoms with van der Waals surface area (Å²) in [4.78, 5) is 0. The molecule has 4 aromatic rings. The first-order valence-electron chi connectivity index (χ1n) is 9.69. The van der Waals surface area contributed by atoms with Crippen LogP contribution in [0.15, 0.2) is 103 Å². The lowest BCUT2D eigenvalue weighted by Gasteiger charge is -2.10. The summed E-state index contributed by atoms with van der Waals surface area (Å²) in [7, 11) is 0. The van der Waals surface area contributed by atoms with Gasteiger partial charge in [-0.3, -0.25) is 0 Å². The Morgan fingerprint density at radius 2 is 0.781 bits per heavy atom. The molecule has 0 aromatic heterocycles. The Morgan fingerprint density at radius 1 is 0.438 bits per heavy atom. The monoisotopic (exact) mass is 716 g/mol. The van der Waals surface area contributed by atoms with Gasteiger partial charge >= 0.3 is 0 Å². The quantitative estimate of drug-likeness (QED) is 0.197. The summed E-state index contributed by atoms with van der Waals surface area (Å²) in [6, 6.07) is 27.9. The summed E-state index contributed by atoms with van der Waals surface area (Å²) in [5.41, 5.74) is 4.71. The van der Waals surface area contributed by atoms with E-state index in [4.69, 9.17) is 23.2 Å². The van der Waals surface area contributed by atoms with Crippen molar-refractivity contribution in [1.29, 1.82) is 0 Å². The van der Waals surface area contributed by atoms with E-state index in [2.05, 4.69) is 88.0 Å². The molecule has 0 fully saturated rings. The van der Waals surface area contributed by atoms with Gasteiger partial charge in [-0.05, 0) is 58.7 Å². The molecule has 6 heteroatoms. The molecule has 0 saturated heterocycles. The van der Waals surface area contributed by atoms with Crippen LogP contribution in [0.5, 0.6) is 0 Å². The van der Waals surface area contributed by atoms with Crippen molar-refractivity contribution >= 4 is 86.9 Å². The first-order chi connectivity index (χ1) is 15.4. The zero-order valence-electron chi connectivity index (χ0n) is 16.8. The predicted molar refractivity (Wildman–Crippen MR) is 152 cm³/mol. The van der Waals surface area contributed by atoms with E-state index in [1.54, 1.807) is 0 Å². The summed E-state index contributed by atoms with van der Waals surface area (Å²) in [5, 5.41) is 1.58. The van der Waals surface area contributed by atoms with E-state index in [-0.39, 0.29) is 0 Å². The van der Waals surface area contributed by atoms with Gasteiger partial charge in [0.1, 0.15) is 0 Å².